The molecule has 1 aromatic rings. The minimum atomic E-state index is -0.498. The van der Waals surface area contributed by atoms with Crippen LogP contribution < -0.4 is 5.32 Å². The molecule has 0 radical (unpaired) electrons. The SMILES string of the molecule is O=C(NCCC1CCCC1)c1cc([N+](=O)[O-])ccc1Br. The van der Waals surface area contributed by atoms with Crippen LogP contribution in [0.25, 0.3) is 0 Å². The molecule has 1 N–H and O–H groups in total. The molecule has 0 aliphatic heterocycles. The molecule has 0 bridgehead atoms. The molecule has 20 heavy (non-hydrogen) atoms. The van der Waals surface area contributed by atoms with Gasteiger partial charge >= 0.3 is 0 Å². The fraction of sp³-hybridized carbons (Fsp3) is 0.500. The van der Waals surface area contributed by atoms with Crippen LogP contribution in [0.15, 0.2) is 22.7 Å². The maximum absolute atomic E-state index is 12.1. The Morgan fingerprint density at radius 3 is 2.75 bits per heavy atom. The summed E-state index contributed by atoms with van der Waals surface area (Å²) in [4.78, 5) is 22.3. The van der Waals surface area contributed by atoms with Gasteiger partial charge in [-0.2, -0.15) is 0 Å². The van der Waals surface area contributed by atoms with E-state index < -0.39 is 4.92 Å². The topological polar surface area (TPSA) is 72.2 Å². The summed E-state index contributed by atoms with van der Waals surface area (Å²) in [5, 5.41) is 13.6. The summed E-state index contributed by atoms with van der Waals surface area (Å²) in [7, 11) is 0. The van der Waals surface area contributed by atoms with Crippen molar-refractivity contribution < 1.29 is 9.72 Å². The molecule has 5 nitrogen and oxygen atoms in total. The van der Waals surface area contributed by atoms with Crippen LogP contribution in [0.1, 0.15) is 42.5 Å². The lowest BCUT2D eigenvalue weighted by molar-refractivity contribution is -0.384. The monoisotopic (exact) mass is 340 g/mol. The minimum Gasteiger partial charge on any atom is -0.352 e. The Labute approximate surface area is 126 Å². The van der Waals surface area contributed by atoms with E-state index in [4.69, 9.17) is 0 Å². The normalized spacial score (nSPS) is 15.2. The molecule has 1 saturated carbocycles. The number of benzene rings is 1. The first-order valence-electron chi connectivity index (χ1n) is 6.80. The van der Waals surface area contributed by atoms with Gasteiger partial charge in [0.15, 0.2) is 0 Å². The number of halogens is 1. The van der Waals surface area contributed by atoms with Gasteiger partial charge in [0, 0.05) is 23.2 Å². The third-order valence-electron chi connectivity index (χ3n) is 3.72. The Kier molecular flexibility index (Phi) is 5.11. The fourth-order valence-electron chi connectivity index (χ4n) is 2.58. The highest BCUT2D eigenvalue weighted by molar-refractivity contribution is 9.10. The molecule has 0 atom stereocenters. The Morgan fingerprint density at radius 1 is 1.40 bits per heavy atom. The molecule has 0 heterocycles. The predicted octanol–water partition coefficient (Wildman–Crippen LogP) is 3.67. The largest absolute Gasteiger partial charge is 0.352 e. The Bertz CT molecular complexity index is 513. The van der Waals surface area contributed by atoms with Crippen LogP contribution in [-0.2, 0) is 0 Å². The van der Waals surface area contributed by atoms with Crippen LogP contribution in [0.3, 0.4) is 0 Å². The zero-order valence-corrected chi connectivity index (χ0v) is 12.7. The van der Waals surface area contributed by atoms with Gasteiger partial charge in [-0.1, -0.05) is 25.7 Å². The number of nitro benzene ring substituents is 1. The second-order valence-electron chi connectivity index (χ2n) is 5.12. The molecule has 1 amide bonds. The molecular formula is C14H17BrN2O3. The van der Waals surface area contributed by atoms with Gasteiger partial charge in [-0.25, -0.2) is 0 Å². The molecule has 0 saturated heterocycles. The van der Waals surface area contributed by atoms with Crippen molar-refractivity contribution in [2.24, 2.45) is 5.92 Å². The van der Waals surface area contributed by atoms with Crippen LogP contribution in [0.2, 0.25) is 0 Å². The van der Waals surface area contributed by atoms with Crippen LogP contribution in [0.4, 0.5) is 5.69 Å². The Balaban J connectivity index is 1.94. The average molecular weight is 341 g/mol. The average Bonchev–Trinajstić information content (AvgIpc) is 2.92. The summed E-state index contributed by atoms with van der Waals surface area (Å²) < 4.78 is 0.571. The predicted molar refractivity (Wildman–Crippen MR) is 79.7 cm³/mol. The van der Waals surface area contributed by atoms with Crippen LogP contribution in [0, 0.1) is 16.0 Å². The lowest BCUT2D eigenvalue weighted by Gasteiger charge is -2.10. The first-order chi connectivity index (χ1) is 9.58. The van der Waals surface area contributed by atoms with Gasteiger partial charge in [0.2, 0.25) is 0 Å². The second kappa shape index (κ2) is 6.83. The van der Waals surface area contributed by atoms with Crippen molar-refractivity contribution in [3.8, 4) is 0 Å². The number of nitrogens with zero attached hydrogens (tertiary/aromatic N) is 1. The van der Waals surface area contributed by atoms with Crippen molar-refractivity contribution in [3.05, 3.63) is 38.3 Å². The number of hydrogen-bond acceptors (Lipinski definition) is 3. The molecule has 0 spiro atoms. The molecule has 1 aromatic carbocycles. The van der Waals surface area contributed by atoms with Gasteiger partial charge in [0.25, 0.3) is 11.6 Å². The number of nitrogens with one attached hydrogen (secondary N) is 1. The fourth-order valence-corrected chi connectivity index (χ4v) is 3.01. The molecule has 1 aliphatic carbocycles. The van der Waals surface area contributed by atoms with Gasteiger partial charge in [0.05, 0.1) is 10.5 Å². The molecule has 1 aliphatic rings. The zero-order valence-electron chi connectivity index (χ0n) is 11.1. The van der Waals surface area contributed by atoms with Gasteiger partial charge in [-0.05, 0) is 34.3 Å². The molecule has 2 rings (SSSR count). The zero-order chi connectivity index (χ0) is 14.5. The van der Waals surface area contributed by atoms with Crippen LogP contribution >= 0.6 is 15.9 Å². The molecule has 0 unspecified atom stereocenters. The van der Waals surface area contributed by atoms with E-state index in [0.29, 0.717) is 22.5 Å². The van der Waals surface area contributed by atoms with E-state index in [9.17, 15) is 14.9 Å². The standard InChI is InChI=1S/C14H17BrN2O3/c15-13-6-5-11(17(19)20)9-12(13)14(18)16-8-7-10-3-1-2-4-10/h5-6,9-10H,1-4,7-8H2,(H,16,18). The molecule has 108 valence electrons. The first-order valence-corrected chi connectivity index (χ1v) is 7.59. The third kappa shape index (κ3) is 3.79. The summed E-state index contributed by atoms with van der Waals surface area (Å²) in [6.45, 7) is 0.624. The summed E-state index contributed by atoms with van der Waals surface area (Å²) >= 11 is 3.25. The van der Waals surface area contributed by atoms with Gasteiger partial charge in [-0.15, -0.1) is 0 Å². The third-order valence-corrected chi connectivity index (χ3v) is 4.41. The number of hydrogen-bond donors (Lipinski definition) is 1. The first kappa shape index (κ1) is 15.0. The number of carbonyl (C=O) groups is 1. The number of carbonyl (C=O) groups excluding carboxylic acids is 1. The second-order valence-corrected chi connectivity index (χ2v) is 5.97. The van der Waals surface area contributed by atoms with Crippen molar-refractivity contribution in [3.63, 3.8) is 0 Å². The number of nitro groups is 1. The minimum absolute atomic E-state index is 0.0749. The lowest BCUT2D eigenvalue weighted by atomic mass is 10.0. The van der Waals surface area contributed by atoms with Crippen molar-refractivity contribution in [1.82, 2.24) is 5.32 Å². The highest BCUT2D eigenvalue weighted by Gasteiger charge is 2.17. The van der Waals surface area contributed by atoms with Crippen molar-refractivity contribution >= 4 is 27.5 Å². The van der Waals surface area contributed by atoms with Crippen molar-refractivity contribution in [2.75, 3.05) is 6.54 Å². The van der Waals surface area contributed by atoms with Crippen molar-refractivity contribution in [2.45, 2.75) is 32.1 Å². The van der Waals surface area contributed by atoms with E-state index in [2.05, 4.69) is 21.2 Å². The summed E-state index contributed by atoms with van der Waals surface area (Å²) in [5.41, 5.74) is 0.236. The summed E-state index contributed by atoms with van der Waals surface area (Å²) in [6, 6.07) is 4.21. The van der Waals surface area contributed by atoms with Crippen LogP contribution in [-0.4, -0.2) is 17.4 Å². The number of rotatable bonds is 5. The molecule has 1 fully saturated rings. The molecule has 0 aromatic heterocycles. The van der Waals surface area contributed by atoms with E-state index in [1.807, 2.05) is 0 Å². The maximum atomic E-state index is 12.1. The number of non-ortho nitro benzene ring substituents is 1. The van der Waals surface area contributed by atoms with Gasteiger partial charge < -0.3 is 5.32 Å². The Morgan fingerprint density at radius 2 is 2.10 bits per heavy atom. The maximum Gasteiger partial charge on any atom is 0.270 e. The lowest BCUT2D eigenvalue weighted by Crippen LogP contribution is -2.26. The Hall–Kier alpha value is -1.43. The van der Waals surface area contributed by atoms with E-state index in [1.54, 1.807) is 0 Å². The van der Waals surface area contributed by atoms with Gasteiger partial charge in [0.1, 0.15) is 0 Å². The smallest absolute Gasteiger partial charge is 0.270 e. The van der Waals surface area contributed by atoms with Crippen molar-refractivity contribution in [1.29, 1.82) is 0 Å². The molecule has 6 heteroatoms. The van der Waals surface area contributed by atoms with Gasteiger partial charge in [-0.3, -0.25) is 14.9 Å². The summed E-state index contributed by atoms with van der Waals surface area (Å²) in [5.74, 6) is 0.447. The van der Waals surface area contributed by atoms with E-state index in [1.165, 1.54) is 43.9 Å². The summed E-state index contributed by atoms with van der Waals surface area (Å²) in [6.07, 6.45) is 6.05. The molecular weight excluding hydrogens is 324 g/mol. The van der Waals surface area contributed by atoms with Crippen LogP contribution in [0.5, 0.6) is 0 Å². The van der Waals surface area contributed by atoms with E-state index in [-0.39, 0.29) is 11.6 Å². The highest BCUT2D eigenvalue weighted by atomic mass is 79.9. The quantitative estimate of drug-likeness (QED) is 0.656. The number of amides is 1. The highest BCUT2D eigenvalue weighted by Crippen LogP contribution is 2.27. The van der Waals surface area contributed by atoms with E-state index >= 15 is 0 Å². The van der Waals surface area contributed by atoms with E-state index in [0.717, 1.165) is 6.42 Å².